The average molecular weight is 314 g/mol. The van der Waals surface area contributed by atoms with E-state index in [2.05, 4.69) is 21.0 Å². The Morgan fingerprint density at radius 2 is 2.17 bits per heavy atom. The number of nitrogens with zero attached hydrogens (tertiary/aromatic N) is 3. The van der Waals surface area contributed by atoms with Crippen LogP contribution >= 0.6 is 15.9 Å². The van der Waals surface area contributed by atoms with Crippen LogP contribution in [0, 0.1) is 0 Å². The van der Waals surface area contributed by atoms with Crippen LogP contribution in [0.5, 0.6) is 0 Å². The lowest BCUT2D eigenvalue weighted by atomic mass is 10.1. The monoisotopic (exact) mass is 313 g/mol. The molecule has 0 unspecified atom stereocenters. The van der Waals surface area contributed by atoms with E-state index < -0.39 is 5.60 Å². The van der Waals surface area contributed by atoms with E-state index in [0.717, 1.165) is 22.3 Å². The molecule has 0 radical (unpaired) electrons. The normalized spacial score (nSPS) is 15.4. The maximum absolute atomic E-state index is 12.0. The zero-order valence-corrected chi connectivity index (χ0v) is 12.7. The molecule has 7 heteroatoms. The smallest absolute Gasteiger partial charge is 0.410 e. The van der Waals surface area contributed by atoms with Gasteiger partial charge in [0, 0.05) is 18.5 Å². The van der Waals surface area contributed by atoms with Crippen molar-refractivity contribution in [3.05, 3.63) is 15.9 Å². The molecule has 98 valence electrons. The Labute approximate surface area is 116 Å². The van der Waals surface area contributed by atoms with Crippen LogP contribution in [0.1, 0.15) is 32.0 Å². The van der Waals surface area contributed by atoms with Crippen molar-refractivity contribution >= 4 is 30.0 Å². The number of halogens is 1. The molecule has 18 heavy (non-hydrogen) atoms. The van der Waals surface area contributed by atoms with Crippen molar-refractivity contribution in [2.24, 2.45) is 0 Å². The molecule has 1 aromatic rings. The summed E-state index contributed by atoms with van der Waals surface area (Å²) in [7, 11) is 1.89. The number of aromatic nitrogens is 2. The summed E-state index contributed by atoms with van der Waals surface area (Å²) >= 11 is 3.50. The summed E-state index contributed by atoms with van der Waals surface area (Å²) in [5, 5.41) is 4.41. The van der Waals surface area contributed by atoms with Crippen LogP contribution < -0.4 is 0 Å². The Kier molecular flexibility index (Phi) is 3.44. The molecule has 0 aliphatic carbocycles. The molecule has 0 atom stereocenters. The zero-order chi connectivity index (χ0) is 13.5. The highest BCUT2D eigenvalue weighted by molar-refractivity contribution is 9.10. The Morgan fingerprint density at radius 1 is 1.50 bits per heavy atom. The molecular formula is C11H17BBrN3O2. The molecule has 2 rings (SSSR count). The number of carbonyl (C=O) groups excluding carboxylic acids is 1. The molecule has 2 heterocycles. The number of hydrogen-bond acceptors (Lipinski definition) is 3. The Bertz CT molecular complexity index is 481. The maximum Gasteiger partial charge on any atom is 0.410 e. The number of fused-ring (bicyclic) bond motifs is 1. The van der Waals surface area contributed by atoms with Gasteiger partial charge in [-0.25, -0.2) is 4.79 Å². The predicted octanol–water partition coefficient (Wildman–Crippen LogP) is 1.33. The first-order valence-corrected chi connectivity index (χ1v) is 6.75. The first-order chi connectivity index (χ1) is 8.28. The summed E-state index contributed by atoms with van der Waals surface area (Å²) in [6.45, 7) is 6.84. The minimum Gasteiger partial charge on any atom is -0.444 e. The third kappa shape index (κ3) is 2.71. The highest BCUT2D eigenvalue weighted by Gasteiger charge is 2.28. The van der Waals surface area contributed by atoms with Gasteiger partial charge in [0.15, 0.2) is 0 Å². The minimum atomic E-state index is -0.455. The van der Waals surface area contributed by atoms with Gasteiger partial charge < -0.3 is 14.2 Å². The van der Waals surface area contributed by atoms with E-state index >= 15 is 0 Å². The quantitative estimate of drug-likeness (QED) is 0.679. The van der Waals surface area contributed by atoms with Crippen LogP contribution in [0.3, 0.4) is 0 Å². The fraction of sp³-hybridized carbons (Fsp3) is 0.636. The van der Waals surface area contributed by atoms with Gasteiger partial charge in [0.25, 0.3) is 0 Å². The number of hydrogen-bond donors (Lipinski definition) is 0. The molecule has 5 nitrogen and oxygen atoms in total. The molecular weight excluding hydrogens is 297 g/mol. The van der Waals surface area contributed by atoms with E-state index in [1.807, 2.05) is 28.8 Å². The number of ether oxygens (including phenoxy) is 1. The van der Waals surface area contributed by atoms with Crippen LogP contribution in [0.4, 0.5) is 4.79 Å². The van der Waals surface area contributed by atoms with Gasteiger partial charge in [-0.05, 0) is 36.7 Å². The average Bonchev–Trinajstić information content (AvgIpc) is 2.52. The second-order valence-electron chi connectivity index (χ2n) is 5.49. The van der Waals surface area contributed by atoms with Crippen molar-refractivity contribution in [3.63, 3.8) is 0 Å². The summed E-state index contributed by atoms with van der Waals surface area (Å²) in [5.41, 5.74) is 1.68. The fourth-order valence-corrected chi connectivity index (χ4v) is 2.38. The van der Waals surface area contributed by atoms with E-state index in [1.54, 1.807) is 9.49 Å². The van der Waals surface area contributed by atoms with Gasteiger partial charge in [-0.1, -0.05) is 0 Å². The second kappa shape index (κ2) is 4.61. The summed E-state index contributed by atoms with van der Waals surface area (Å²) in [5.74, 6) is 0. The molecule has 0 saturated heterocycles. The summed E-state index contributed by atoms with van der Waals surface area (Å²) < 4.78 is 8.11. The topological polar surface area (TPSA) is 47.4 Å². The Hall–Kier alpha value is -0.975. The molecule has 1 amide bonds. The highest BCUT2D eigenvalue weighted by Crippen LogP contribution is 2.26. The lowest BCUT2D eigenvalue weighted by Crippen LogP contribution is -2.39. The first kappa shape index (κ1) is 13.5. The lowest BCUT2D eigenvalue weighted by molar-refractivity contribution is 0.0223. The molecule has 1 aliphatic rings. The fourth-order valence-electron chi connectivity index (χ4n) is 1.95. The van der Waals surface area contributed by atoms with E-state index in [4.69, 9.17) is 4.74 Å². The SMILES string of the molecule is Bn1nc2c(c1Br)CN(C(=O)OC(C)(C)C)CC2. The maximum atomic E-state index is 12.0. The van der Waals surface area contributed by atoms with Gasteiger partial charge in [0.05, 0.1) is 16.8 Å². The largest absolute Gasteiger partial charge is 0.444 e. The summed E-state index contributed by atoms with van der Waals surface area (Å²) in [6, 6.07) is 0. The highest BCUT2D eigenvalue weighted by atomic mass is 79.9. The third-order valence-electron chi connectivity index (χ3n) is 2.77. The van der Waals surface area contributed by atoms with Gasteiger partial charge in [-0.3, -0.25) is 0 Å². The van der Waals surface area contributed by atoms with Crippen LogP contribution in [0.25, 0.3) is 0 Å². The lowest BCUT2D eigenvalue weighted by Gasteiger charge is -2.29. The molecule has 1 aliphatic heterocycles. The molecule has 0 saturated carbocycles. The molecule has 0 aromatic carbocycles. The van der Waals surface area contributed by atoms with Gasteiger partial charge in [-0.15, -0.1) is 0 Å². The Balaban J connectivity index is 2.12. The van der Waals surface area contributed by atoms with E-state index in [-0.39, 0.29) is 6.09 Å². The van der Waals surface area contributed by atoms with Crippen LogP contribution in [0.15, 0.2) is 4.60 Å². The number of amides is 1. The third-order valence-corrected chi connectivity index (χ3v) is 3.76. The van der Waals surface area contributed by atoms with Crippen LogP contribution in [0.2, 0.25) is 0 Å². The van der Waals surface area contributed by atoms with Gasteiger partial charge in [-0.2, -0.15) is 5.10 Å². The predicted molar refractivity (Wildman–Crippen MR) is 74.2 cm³/mol. The zero-order valence-electron chi connectivity index (χ0n) is 11.2. The minimum absolute atomic E-state index is 0.260. The van der Waals surface area contributed by atoms with Crippen molar-refractivity contribution in [2.45, 2.75) is 39.3 Å². The van der Waals surface area contributed by atoms with Crippen LogP contribution in [-0.2, 0) is 17.7 Å². The molecule has 0 bridgehead atoms. The summed E-state index contributed by atoms with van der Waals surface area (Å²) in [6.07, 6.45) is 0.512. The number of carbonyl (C=O) groups is 1. The molecule has 1 aromatic heterocycles. The standard InChI is InChI=1S/C11H17BBrN3O2/c1-11(2,3)18-10(17)15-5-4-8-7(6-15)9(13)16(12)14-8/h4-6,12H2,1-3H3. The van der Waals surface area contributed by atoms with Gasteiger partial charge >= 0.3 is 6.09 Å². The Morgan fingerprint density at radius 3 is 2.78 bits per heavy atom. The van der Waals surface area contributed by atoms with Crippen molar-refractivity contribution in [3.8, 4) is 0 Å². The molecule has 0 spiro atoms. The summed E-state index contributed by atoms with van der Waals surface area (Å²) in [4.78, 5) is 13.7. The van der Waals surface area contributed by atoms with Crippen LogP contribution in [-0.4, -0.2) is 40.8 Å². The van der Waals surface area contributed by atoms with Crippen molar-refractivity contribution in [1.29, 1.82) is 0 Å². The molecule has 0 N–H and O–H groups in total. The second-order valence-corrected chi connectivity index (χ2v) is 6.24. The van der Waals surface area contributed by atoms with E-state index in [9.17, 15) is 4.79 Å². The first-order valence-electron chi connectivity index (χ1n) is 5.96. The van der Waals surface area contributed by atoms with E-state index in [1.165, 1.54) is 0 Å². The van der Waals surface area contributed by atoms with Gasteiger partial charge in [0.2, 0.25) is 7.98 Å². The number of rotatable bonds is 0. The van der Waals surface area contributed by atoms with Crippen molar-refractivity contribution in [1.82, 2.24) is 14.6 Å². The van der Waals surface area contributed by atoms with Gasteiger partial charge in [0.1, 0.15) is 5.60 Å². The van der Waals surface area contributed by atoms with Crippen molar-refractivity contribution < 1.29 is 9.53 Å². The molecule has 0 fully saturated rings. The van der Waals surface area contributed by atoms with Crippen molar-refractivity contribution in [2.75, 3.05) is 6.54 Å². The van der Waals surface area contributed by atoms with E-state index in [0.29, 0.717) is 13.1 Å².